The van der Waals surface area contributed by atoms with Crippen molar-refractivity contribution in [3.05, 3.63) is 44.9 Å². The molecule has 2 atom stereocenters. The lowest BCUT2D eigenvalue weighted by Gasteiger charge is -2.49. The molecule has 0 bridgehead atoms. The number of anilines is 2. The summed E-state index contributed by atoms with van der Waals surface area (Å²) in [5.41, 5.74) is 11.3. The van der Waals surface area contributed by atoms with E-state index < -0.39 is 23.3 Å². The van der Waals surface area contributed by atoms with Crippen LogP contribution < -0.4 is 16.8 Å². The monoisotopic (exact) mass is 604 g/mol. The maximum atomic E-state index is 12.8. The second-order valence-corrected chi connectivity index (χ2v) is 12.6. The molecule has 2 aromatic rings. The van der Waals surface area contributed by atoms with Gasteiger partial charge in [0, 0.05) is 26.6 Å². The van der Waals surface area contributed by atoms with Crippen LogP contribution in [0.4, 0.5) is 11.6 Å². The minimum atomic E-state index is -1.21. The van der Waals surface area contributed by atoms with Crippen LogP contribution in [-0.2, 0) is 14.4 Å². The second-order valence-electron chi connectivity index (χ2n) is 7.30. The van der Waals surface area contributed by atoms with E-state index in [9.17, 15) is 19.5 Å². The number of aliphatic carboxylic acids is 1. The maximum absolute atomic E-state index is 12.8. The Kier molecular flexibility index (Phi) is 8.73. The third-order valence-electron chi connectivity index (χ3n) is 4.87. The summed E-state index contributed by atoms with van der Waals surface area (Å²) in [6.45, 7) is 0. The fourth-order valence-corrected chi connectivity index (χ4v) is 8.25. The van der Waals surface area contributed by atoms with Crippen molar-refractivity contribution >= 4 is 99.7 Å². The van der Waals surface area contributed by atoms with Crippen molar-refractivity contribution in [3.63, 3.8) is 0 Å². The van der Waals surface area contributed by atoms with Crippen LogP contribution in [0.25, 0.3) is 0 Å². The zero-order valence-electron chi connectivity index (χ0n) is 18.1. The largest absolute Gasteiger partial charge is 0.477 e. The Morgan fingerprint density at radius 1 is 1.17 bits per heavy atom. The fraction of sp³-hybridized carbons (Fsp3) is 0.250. The van der Waals surface area contributed by atoms with Crippen molar-refractivity contribution in [1.82, 2.24) is 20.2 Å². The minimum absolute atomic E-state index is 0.0256. The van der Waals surface area contributed by atoms with Crippen LogP contribution in [0.5, 0.6) is 0 Å². The molecule has 1 aromatic carbocycles. The van der Waals surface area contributed by atoms with Crippen molar-refractivity contribution in [2.75, 3.05) is 28.1 Å². The Morgan fingerprint density at radius 2 is 1.89 bits per heavy atom. The molecule has 2 aliphatic rings. The van der Waals surface area contributed by atoms with E-state index in [4.69, 9.17) is 34.7 Å². The average Bonchev–Trinajstić information content (AvgIpc) is 2.82. The average molecular weight is 606 g/mol. The van der Waals surface area contributed by atoms with E-state index in [1.165, 1.54) is 58.0 Å². The topological polar surface area (TPSA) is 165 Å². The summed E-state index contributed by atoms with van der Waals surface area (Å²) in [7, 11) is 0. The Balaban J connectivity index is 1.36. The molecule has 0 saturated carbocycles. The van der Waals surface area contributed by atoms with Crippen molar-refractivity contribution in [2.45, 2.75) is 21.5 Å². The molecule has 1 aromatic heterocycles. The molecule has 3 heterocycles. The molecule has 36 heavy (non-hydrogen) atoms. The predicted octanol–water partition coefficient (Wildman–Crippen LogP) is 3.22. The number of hydrogen-bond acceptors (Lipinski definition) is 11. The van der Waals surface area contributed by atoms with Gasteiger partial charge in [-0.05, 0) is 18.2 Å². The third kappa shape index (κ3) is 6.11. The first-order valence-corrected chi connectivity index (χ1v) is 14.8. The normalized spacial score (nSPS) is 19.1. The Labute approximate surface area is 232 Å². The number of carbonyl (C=O) groups excluding carboxylic acids is 2. The number of thioether (sulfide) groups is 4. The van der Waals surface area contributed by atoms with Gasteiger partial charge in [0.25, 0.3) is 5.91 Å². The van der Waals surface area contributed by atoms with Crippen molar-refractivity contribution in [2.24, 2.45) is 0 Å². The molecule has 10 nitrogen and oxygen atoms in total. The summed E-state index contributed by atoms with van der Waals surface area (Å²) >= 11 is 17.2. The quantitative estimate of drug-likeness (QED) is 0.143. The van der Waals surface area contributed by atoms with Gasteiger partial charge >= 0.3 is 5.97 Å². The van der Waals surface area contributed by atoms with Crippen molar-refractivity contribution in [3.8, 4) is 0 Å². The molecule has 2 amide bonds. The first-order chi connectivity index (χ1) is 17.1. The standard InChI is InChI=1S/C20H18Cl2N6O4S4/c21-8-1-2-9(22)10(3-8)33-6-14(29)27-15-17(30)28-16(19(31)32)11(5-34-18(15)28)35-7-36-20-25-12(23)4-13(24)26-20/h1-4,15,18H,5-7H2,(H,27,29)(H,31,32)(H4,23,24,25,26). The number of β-lactam (4-membered cyclic amide) rings is 1. The summed E-state index contributed by atoms with van der Waals surface area (Å²) < 4.78 is 0. The Morgan fingerprint density at radius 3 is 2.58 bits per heavy atom. The highest BCUT2D eigenvalue weighted by atomic mass is 35.5. The number of benzene rings is 1. The number of nitrogens with two attached hydrogens (primary N) is 2. The molecule has 1 saturated heterocycles. The highest BCUT2D eigenvalue weighted by molar-refractivity contribution is 8.18. The van der Waals surface area contributed by atoms with Crippen LogP contribution in [0.1, 0.15) is 0 Å². The van der Waals surface area contributed by atoms with Gasteiger partial charge in [-0.25, -0.2) is 14.8 Å². The maximum Gasteiger partial charge on any atom is 0.353 e. The van der Waals surface area contributed by atoms with Gasteiger partial charge in [0.2, 0.25) is 5.91 Å². The number of nitrogens with zero attached hydrogens (tertiary/aromatic N) is 3. The van der Waals surface area contributed by atoms with E-state index in [-0.39, 0.29) is 29.0 Å². The highest BCUT2D eigenvalue weighted by Crippen LogP contribution is 2.44. The molecule has 2 unspecified atom stereocenters. The van der Waals surface area contributed by atoms with Gasteiger partial charge in [-0.2, -0.15) is 0 Å². The highest BCUT2D eigenvalue weighted by Gasteiger charge is 2.54. The molecule has 2 aliphatic heterocycles. The number of hydrogen-bond donors (Lipinski definition) is 4. The van der Waals surface area contributed by atoms with Crippen LogP contribution in [-0.4, -0.2) is 65.8 Å². The van der Waals surface area contributed by atoms with Gasteiger partial charge in [-0.1, -0.05) is 35.0 Å². The van der Waals surface area contributed by atoms with E-state index in [2.05, 4.69) is 15.3 Å². The van der Waals surface area contributed by atoms with Gasteiger partial charge in [-0.15, -0.1) is 35.3 Å². The minimum Gasteiger partial charge on any atom is -0.477 e. The van der Waals surface area contributed by atoms with Gasteiger partial charge in [0.15, 0.2) is 5.16 Å². The van der Waals surface area contributed by atoms with E-state index >= 15 is 0 Å². The van der Waals surface area contributed by atoms with Gasteiger partial charge in [-0.3, -0.25) is 14.5 Å². The zero-order chi connectivity index (χ0) is 26.0. The molecule has 0 radical (unpaired) electrons. The van der Waals surface area contributed by atoms with Crippen molar-refractivity contribution in [1.29, 1.82) is 0 Å². The molecule has 1 fully saturated rings. The summed E-state index contributed by atoms with van der Waals surface area (Å²) in [6, 6.07) is 5.58. The number of carboxylic acids is 1. The summed E-state index contributed by atoms with van der Waals surface area (Å²) in [6.07, 6.45) is 0. The molecule has 4 rings (SSSR count). The number of amides is 2. The molecule has 190 valence electrons. The first-order valence-electron chi connectivity index (χ1n) is 10.1. The van der Waals surface area contributed by atoms with Gasteiger partial charge in [0.05, 0.1) is 15.9 Å². The van der Waals surface area contributed by atoms with Gasteiger partial charge < -0.3 is 21.9 Å². The predicted molar refractivity (Wildman–Crippen MR) is 146 cm³/mol. The van der Waals surface area contributed by atoms with E-state index in [0.717, 1.165) is 0 Å². The smallest absolute Gasteiger partial charge is 0.353 e. The number of carbonyl (C=O) groups is 3. The Bertz CT molecular complexity index is 1250. The number of nitrogen functional groups attached to an aromatic ring is 2. The number of aromatic nitrogens is 2. The lowest BCUT2D eigenvalue weighted by molar-refractivity contribution is -0.150. The summed E-state index contributed by atoms with van der Waals surface area (Å²) in [4.78, 5) is 47.9. The Hall–Kier alpha value is -1.97. The zero-order valence-corrected chi connectivity index (χ0v) is 22.9. The van der Waals surface area contributed by atoms with Crippen LogP contribution in [0.15, 0.2) is 44.9 Å². The number of halogens is 2. The second kappa shape index (κ2) is 11.6. The van der Waals surface area contributed by atoms with E-state index in [1.807, 2.05) is 0 Å². The lowest BCUT2D eigenvalue weighted by Crippen LogP contribution is -2.70. The lowest BCUT2D eigenvalue weighted by atomic mass is 10.1. The molecule has 0 aliphatic carbocycles. The van der Waals surface area contributed by atoms with E-state index in [1.54, 1.807) is 18.2 Å². The third-order valence-corrected chi connectivity index (χ3v) is 10.1. The van der Waals surface area contributed by atoms with Crippen molar-refractivity contribution < 1.29 is 19.5 Å². The number of fused-ring (bicyclic) bond motifs is 1. The SMILES string of the molecule is Nc1cc(N)nc(SCSC2=C(C(=O)O)N3C(=O)C(NC(=O)CSc4cc(Cl)ccc4Cl)C3SC2)n1. The molecular weight excluding hydrogens is 587 g/mol. The first kappa shape index (κ1) is 27.1. The van der Waals surface area contributed by atoms with Crippen LogP contribution in [0.2, 0.25) is 10.0 Å². The molecular formula is C20H18Cl2N6O4S4. The summed E-state index contributed by atoms with van der Waals surface area (Å²) in [5, 5.41) is 13.8. The number of rotatable bonds is 9. The summed E-state index contributed by atoms with van der Waals surface area (Å²) in [5.74, 6) is -1.16. The molecule has 0 spiro atoms. The molecule has 16 heteroatoms. The van der Waals surface area contributed by atoms with E-state index in [0.29, 0.717) is 35.8 Å². The van der Waals surface area contributed by atoms with Crippen LogP contribution >= 0.6 is 70.2 Å². The van der Waals surface area contributed by atoms with Gasteiger partial charge in [0.1, 0.15) is 28.7 Å². The fourth-order valence-electron chi connectivity index (χ4n) is 3.33. The van der Waals surface area contributed by atoms with Crippen LogP contribution in [0, 0.1) is 0 Å². The van der Waals surface area contributed by atoms with Crippen LogP contribution in [0.3, 0.4) is 0 Å². The number of carboxylic acid groups (broad SMARTS) is 1. The molecule has 6 N–H and O–H groups in total. The number of nitrogens with one attached hydrogen (secondary N) is 1.